The van der Waals surface area contributed by atoms with E-state index < -0.39 is 37.6 Å². The first kappa shape index (κ1) is 17.7. The minimum atomic E-state index is -0.949. The molecule has 0 amide bonds. The van der Waals surface area contributed by atoms with Crippen molar-refractivity contribution in [1.29, 1.82) is 0 Å². The second-order valence-electron chi connectivity index (χ2n) is 5.62. The van der Waals surface area contributed by atoms with Crippen LogP contribution >= 0.6 is 0 Å². The lowest BCUT2D eigenvalue weighted by Gasteiger charge is -2.12. The number of ether oxygens (including phenoxy) is 1. The molecule has 0 spiro atoms. The zero-order chi connectivity index (χ0) is 19.7. The van der Waals surface area contributed by atoms with E-state index in [0.717, 1.165) is 5.39 Å². The van der Waals surface area contributed by atoms with Crippen LogP contribution in [0.15, 0.2) is 48.5 Å². The summed E-state index contributed by atoms with van der Waals surface area (Å²) in [6.45, 7) is 1.69. The molecule has 0 unspecified atom stereocenters. The van der Waals surface area contributed by atoms with Crippen molar-refractivity contribution in [3.05, 3.63) is 84.4 Å². The van der Waals surface area contributed by atoms with Crippen molar-refractivity contribution >= 4 is 27.8 Å². The molecule has 0 aromatic heterocycles. The van der Waals surface area contributed by atoms with E-state index in [1.165, 1.54) is 0 Å². The molecule has 0 heterocycles. The van der Waals surface area contributed by atoms with Gasteiger partial charge in [-0.3, -0.25) is 30.3 Å². The standard InChI is InChI=1S/C17H11N3O7/c1-10-6-7-11-4-2-3-5-13(11)16(10)27-17-14(19(23)24)8-12(18(21)22)9-15(17)20(25)26/h2-9H,1H3. The van der Waals surface area contributed by atoms with Crippen molar-refractivity contribution in [1.82, 2.24) is 0 Å². The van der Waals surface area contributed by atoms with Gasteiger partial charge in [-0.15, -0.1) is 0 Å². The lowest BCUT2D eigenvalue weighted by molar-refractivity contribution is -0.404. The maximum atomic E-state index is 11.4. The van der Waals surface area contributed by atoms with E-state index in [2.05, 4.69) is 0 Å². The maximum Gasteiger partial charge on any atom is 0.325 e. The third-order valence-corrected chi connectivity index (χ3v) is 3.92. The van der Waals surface area contributed by atoms with Crippen LogP contribution in [0.5, 0.6) is 11.5 Å². The van der Waals surface area contributed by atoms with E-state index in [0.29, 0.717) is 23.1 Å². The molecule has 3 aromatic rings. The predicted octanol–water partition coefficient (Wildman–Crippen LogP) is 4.67. The van der Waals surface area contributed by atoms with Gasteiger partial charge in [0.2, 0.25) is 0 Å². The fraction of sp³-hybridized carbons (Fsp3) is 0.0588. The number of nitro benzene ring substituents is 3. The topological polar surface area (TPSA) is 139 Å². The molecule has 10 heteroatoms. The Morgan fingerprint density at radius 3 is 1.93 bits per heavy atom. The number of non-ortho nitro benzene ring substituents is 1. The quantitative estimate of drug-likeness (QED) is 0.470. The summed E-state index contributed by atoms with van der Waals surface area (Å²) in [5, 5.41) is 35.1. The molecule has 0 aliphatic rings. The van der Waals surface area contributed by atoms with Crippen LogP contribution in [0.25, 0.3) is 10.8 Å². The molecule has 0 bridgehead atoms. The average Bonchev–Trinajstić information content (AvgIpc) is 2.63. The van der Waals surface area contributed by atoms with Gasteiger partial charge in [0.25, 0.3) is 11.4 Å². The highest BCUT2D eigenvalue weighted by Crippen LogP contribution is 2.44. The summed E-state index contributed by atoms with van der Waals surface area (Å²) in [4.78, 5) is 30.9. The molecule has 0 fully saturated rings. The van der Waals surface area contributed by atoms with Crippen LogP contribution in [-0.4, -0.2) is 14.8 Å². The predicted molar refractivity (Wildman–Crippen MR) is 95.2 cm³/mol. The van der Waals surface area contributed by atoms with E-state index in [9.17, 15) is 30.3 Å². The normalized spacial score (nSPS) is 10.6. The van der Waals surface area contributed by atoms with Gasteiger partial charge in [-0.1, -0.05) is 36.4 Å². The van der Waals surface area contributed by atoms with Crippen LogP contribution in [0.2, 0.25) is 0 Å². The number of rotatable bonds is 5. The fourth-order valence-corrected chi connectivity index (χ4v) is 2.65. The lowest BCUT2D eigenvalue weighted by atomic mass is 10.1. The van der Waals surface area contributed by atoms with E-state index in [1.54, 1.807) is 37.3 Å². The highest BCUT2D eigenvalue weighted by molar-refractivity contribution is 5.90. The van der Waals surface area contributed by atoms with E-state index in [1.807, 2.05) is 6.07 Å². The fourth-order valence-electron chi connectivity index (χ4n) is 2.65. The Morgan fingerprint density at radius 2 is 1.37 bits per heavy atom. The number of hydrogen-bond donors (Lipinski definition) is 0. The summed E-state index contributed by atoms with van der Waals surface area (Å²) in [6.07, 6.45) is 0. The molecule has 3 aromatic carbocycles. The number of hydrogen-bond acceptors (Lipinski definition) is 7. The lowest BCUT2D eigenvalue weighted by Crippen LogP contribution is -2.02. The van der Waals surface area contributed by atoms with E-state index in [-0.39, 0.29) is 5.75 Å². The molecule has 3 rings (SSSR count). The van der Waals surface area contributed by atoms with Gasteiger partial charge in [-0.25, -0.2) is 0 Å². The van der Waals surface area contributed by atoms with Gasteiger partial charge >= 0.3 is 11.4 Å². The molecule has 0 saturated heterocycles. The Hall–Kier alpha value is -4.08. The van der Waals surface area contributed by atoms with Crippen molar-refractivity contribution in [2.24, 2.45) is 0 Å². The summed E-state index contributed by atoms with van der Waals surface area (Å²) in [6, 6.07) is 11.8. The van der Waals surface area contributed by atoms with Crippen molar-refractivity contribution in [3.8, 4) is 11.5 Å². The molecule has 0 saturated carbocycles. The van der Waals surface area contributed by atoms with Crippen molar-refractivity contribution in [3.63, 3.8) is 0 Å². The van der Waals surface area contributed by atoms with E-state index in [4.69, 9.17) is 4.74 Å². The van der Waals surface area contributed by atoms with Gasteiger partial charge in [-0.05, 0) is 17.9 Å². The first-order chi connectivity index (χ1) is 12.8. The van der Waals surface area contributed by atoms with Crippen molar-refractivity contribution in [2.75, 3.05) is 0 Å². The van der Waals surface area contributed by atoms with E-state index >= 15 is 0 Å². The monoisotopic (exact) mass is 369 g/mol. The Kier molecular flexibility index (Phi) is 4.38. The molecule has 136 valence electrons. The van der Waals surface area contributed by atoms with Crippen molar-refractivity contribution in [2.45, 2.75) is 6.92 Å². The van der Waals surface area contributed by atoms with Crippen molar-refractivity contribution < 1.29 is 19.5 Å². The Balaban J connectivity index is 2.29. The highest BCUT2D eigenvalue weighted by Gasteiger charge is 2.33. The number of nitrogens with zero attached hydrogens (tertiary/aromatic N) is 3. The van der Waals surface area contributed by atoms with Crippen LogP contribution in [0, 0.1) is 37.3 Å². The smallest absolute Gasteiger partial charge is 0.325 e. The summed E-state index contributed by atoms with van der Waals surface area (Å²) in [5.74, 6) is -0.455. The summed E-state index contributed by atoms with van der Waals surface area (Å²) in [5.41, 5.74) is -1.89. The molecule has 0 N–H and O–H groups in total. The minimum absolute atomic E-state index is 0.202. The van der Waals surface area contributed by atoms with Crippen LogP contribution in [0.4, 0.5) is 17.1 Å². The first-order valence-corrected chi connectivity index (χ1v) is 7.57. The Bertz CT molecular complexity index is 1080. The minimum Gasteiger partial charge on any atom is -0.443 e. The number of fused-ring (bicyclic) bond motifs is 1. The number of benzene rings is 3. The second kappa shape index (κ2) is 6.67. The molecular weight excluding hydrogens is 358 g/mol. The molecule has 0 atom stereocenters. The van der Waals surface area contributed by atoms with Gasteiger partial charge < -0.3 is 4.74 Å². The molecule has 0 aliphatic carbocycles. The van der Waals surface area contributed by atoms with Gasteiger partial charge in [0.15, 0.2) is 0 Å². The maximum absolute atomic E-state index is 11.4. The van der Waals surface area contributed by atoms with Gasteiger partial charge in [0, 0.05) is 5.39 Å². The third-order valence-electron chi connectivity index (χ3n) is 3.92. The molecule has 0 aliphatic heterocycles. The van der Waals surface area contributed by atoms with Crippen LogP contribution in [0.3, 0.4) is 0 Å². The summed E-state index contributed by atoms with van der Waals surface area (Å²) in [7, 11) is 0. The zero-order valence-electron chi connectivity index (χ0n) is 13.8. The van der Waals surface area contributed by atoms with Gasteiger partial charge in [0.1, 0.15) is 5.75 Å². The second-order valence-corrected chi connectivity index (χ2v) is 5.62. The Morgan fingerprint density at radius 1 is 0.778 bits per heavy atom. The van der Waals surface area contributed by atoms with Crippen LogP contribution in [-0.2, 0) is 0 Å². The molecule has 0 radical (unpaired) electrons. The zero-order valence-corrected chi connectivity index (χ0v) is 13.8. The van der Waals surface area contributed by atoms with Gasteiger partial charge in [-0.2, -0.15) is 0 Å². The summed E-state index contributed by atoms with van der Waals surface area (Å²) < 4.78 is 5.64. The number of nitro groups is 3. The number of aryl methyl sites for hydroxylation is 1. The highest BCUT2D eigenvalue weighted by atomic mass is 16.6. The largest absolute Gasteiger partial charge is 0.443 e. The van der Waals surface area contributed by atoms with Crippen LogP contribution in [0.1, 0.15) is 5.56 Å². The molecular formula is C17H11N3O7. The third kappa shape index (κ3) is 3.23. The SMILES string of the molecule is Cc1ccc2ccccc2c1Oc1c([N+](=O)[O-])cc([N+](=O)[O-])cc1[N+](=O)[O-]. The first-order valence-electron chi connectivity index (χ1n) is 7.57. The van der Waals surface area contributed by atoms with Crippen LogP contribution < -0.4 is 4.74 Å². The Labute approximate surface area is 151 Å². The molecule has 27 heavy (non-hydrogen) atoms. The molecule has 10 nitrogen and oxygen atoms in total. The van der Waals surface area contributed by atoms with Gasteiger partial charge in [0.05, 0.1) is 26.9 Å². The summed E-state index contributed by atoms with van der Waals surface area (Å²) >= 11 is 0. The average molecular weight is 369 g/mol.